The lowest BCUT2D eigenvalue weighted by Crippen LogP contribution is -2.36. The number of aromatic nitrogens is 1. The van der Waals surface area contributed by atoms with Crippen molar-refractivity contribution < 1.29 is 23.8 Å². The summed E-state index contributed by atoms with van der Waals surface area (Å²) in [5.74, 6) is 0.851. The molecule has 0 aliphatic carbocycles. The average molecular weight is 464 g/mol. The third-order valence-corrected chi connectivity index (χ3v) is 4.73. The van der Waals surface area contributed by atoms with Crippen LogP contribution in [-0.2, 0) is 17.9 Å². The smallest absolute Gasteiger partial charge is 0.251 e. The van der Waals surface area contributed by atoms with E-state index in [0.717, 1.165) is 11.1 Å². The predicted octanol–water partition coefficient (Wildman–Crippen LogP) is 3.50. The van der Waals surface area contributed by atoms with Crippen molar-refractivity contribution in [2.75, 3.05) is 19.8 Å². The Balaban J connectivity index is 1.47. The number of rotatable bonds is 12. The molecule has 3 rings (SSSR count). The molecule has 0 spiro atoms. The molecule has 1 aromatic heterocycles. The lowest BCUT2D eigenvalue weighted by Gasteiger charge is -2.12. The molecule has 0 fully saturated rings. The van der Waals surface area contributed by atoms with Crippen molar-refractivity contribution in [2.45, 2.75) is 27.0 Å². The van der Waals surface area contributed by atoms with Crippen molar-refractivity contribution in [2.24, 2.45) is 0 Å². The van der Waals surface area contributed by atoms with Gasteiger partial charge >= 0.3 is 0 Å². The highest BCUT2D eigenvalue weighted by molar-refractivity contribution is 5.97. The minimum absolute atomic E-state index is 0.154. The van der Waals surface area contributed by atoms with E-state index in [-0.39, 0.29) is 24.9 Å². The number of amides is 2. The van der Waals surface area contributed by atoms with Crippen LogP contribution in [0.4, 0.5) is 0 Å². The van der Waals surface area contributed by atoms with Gasteiger partial charge in [-0.1, -0.05) is 30.3 Å². The first-order chi connectivity index (χ1) is 16.6. The molecule has 1 heterocycles. The van der Waals surface area contributed by atoms with Crippen LogP contribution in [0, 0.1) is 0 Å². The van der Waals surface area contributed by atoms with E-state index in [4.69, 9.17) is 14.2 Å². The van der Waals surface area contributed by atoms with E-state index in [0.29, 0.717) is 42.8 Å². The van der Waals surface area contributed by atoms with Crippen molar-refractivity contribution >= 4 is 11.8 Å². The zero-order chi connectivity index (χ0) is 24.2. The number of hydrogen-bond acceptors (Lipinski definition) is 6. The van der Waals surface area contributed by atoms with Crippen LogP contribution in [0.2, 0.25) is 0 Å². The van der Waals surface area contributed by atoms with Crippen LogP contribution in [0.1, 0.15) is 35.3 Å². The fraction of sp³-hybridized carbons (Fsp3) is 0.269. The van der Waals surface area contributed by atoms with E-state index < -0.39 is 0 Å². The standard InChI is InChI=1S/C26H29N3O5/c1-3-32-22-11-10-21(15-23(22)33-4-2)26(31)29-17-24(30)28-16-20-12-13-27-25(14-20)34-18-19-8-6-5-7-9-19/h5-15H,3-4,16-18H2,1-2H3,(H,28,30)(H,29,31). The second-order valence-corrected chi connectivity index (χ2v) is 7.26. The van der Waals surface area contributed by atoms with Gasteiger partial charge in [-0.25, -0.2) is 4.98 Å². The van der Waals surface area contributed by atoms with Gasteiger partial charge in [-0.15, -0.1) is 0 Å². The summed E-state index contributed by atoms with van der Waals surface area (Å²) in [7, 11) is 0. The first-order valence-corrected chi connectivity index (χ1v) is 11.1. The van der Waals surface area contributed by atoms with Crippen LogP contribution in [0.5, 0.6) is 17.4 Å². The predicted molar refractivity (Wildman–Crippen MR) is 128 cm³/mol. The molecular weight excluding hydrogens is 434 g/mol. The molecule has 8 nitrogen and oxygen atoms in total. The number of hydrogen-bond donors (Lipinski definition) is 2. The molecule has 3 aromatic rings. The second-order valence-electron chi connectivity index (χ2n) is 7.26. The highest BCUT2D eigenvalue weighted by atomic mass is 16.5. The quantitative estimate of drug-likeness (QED) is 0.427. The molecule has 2 aromatic carbocycles. The molecule has 0 saturated carbocycles. The summed E-state index contributed by atoms with van der Waals surface area (Å²) in [6, 6.07) is 18.3. The Hall–Kier alpha value is -4.07. The number of ether oxygens (including phenoxy) is 3. The Labute approximate surface area is 199 Å². The molecule has 2 N–H and O–H groups in total. The number of nitrogens with zero attached hydrogens (tertiary/aromatic N) is 1. The fourth-order valence-corrected chi connectivity index (χ4v) is 3.09. The van der Waals surface area contributed by atoms with E-state index in [1.165, 1.54) is 0 Å². The van der Waals surface area contributed by atoms with Crippen molar-refractivity contribution in [1.29, 1.82) is 0 Å². The Morgan fingerprint density at radius 1 is 0.824 bits per heavy atom. The number of pyridine rings is 1. The van der Waals surface area contributed by atoms with Gasteiger partial charge in [0.25, 0.3) is 5.91 Å². The van der Waals surface area contributed by atoms with E-state index in [1.807, 2.05) is 44.2 Å². The van der Waals surface area contributed by atoms with Gasteiger partial charge in [0, 0.05) is 24.4 Å². The van der Waals surface area contributed by atoms with Crippen molar-refractivity contribution in [3.8, 4) is 17.4 Å². The van der Waals surface area contributed by atoms with Gasteiger partial charge in [-0.2, -0.15) is 0 Å². The molecule has 0 atom stereocenters. The first-order valence-electron chi connectivity index (χ1n) is 11.1. The fourth-order valence-electron chi connectivity index (χ4n) is 3.09. The van der Waals surface area contributed by atoms with Gasteiger partial charge in [0.05, 0.1) is 19.8 Å². The zero-order valence-corrected chi connectivity index (χ0v) is 19.4. The van der Waals surface area contributed by atoms with E-state index >= 15 is 0 Å². The Morgan fingerprint density at radius 2 is 1.59 bits per heavy atom. The number of benzene rings is 2. The maximum atomic E-state index is 12.5. The molecule has 0 saturated heterocycles. The number of carbonyl (C=O) groups excluding carboxylic acids is 2. The first kappa shape index (κ1) is 24.6. The molecule has 8 heteroatoms. The highest BCUT2D eigenvalue weighted by Gasteiger charge is 2.13. The molecule has 0 unspecified atom stereocenters. The third kappa shape index (κ3) is 7.51. The monoisotopic (exact) mass is 463 g/mol. The molecule has 178 valence electrons. The van der Waals surface area contributed by atoms with Gasteiger partial charge < -0.3 is 24.8 Å². The molecular formula is C26H29N3O5. The molecule has 2 amide bonds. The van der Waals surface area contributed by atoms with Gasteiger partial charge in [0.15, 0.2) is 11.5 Å². The average Bonchev–Trinajstić information content (AvgIpc) is 2.87. The van der Waals surface area contributed by atoms with Crippen molar-refractivity contribution in [3.05, 3.63) is 83.6 Å². The topological polar surface area (TPSA) is 98.8 Å². The van der Waals surface area contributed by atoms with Gasteiger partial charge in [0.2, 0.25) is 11.8 Å². The van der Waals surface area contributed by atoms with E-state index in [2.05, 4.69) is 15.6 Å². The molecule has 0 bridgehead atoms. The highest BCUT2D eigenvalue weighted by Crippen LogP contribution is 2.28. The van der Waals surface area contributed by atoms with Crippen LogP contribution >= 0.6 is 0 Å². The molecule has 0 aliphatic heterocycles. The summed E-state index contributed by atoms with van der Waals surface area (Å²) >= 11 is 0. The number of nitrogens with one attached hydrogen (secondary N) is 2. The van der Waals surface area contributed by atoms with Crippen LogP contribution in [0.25, 0.3) is 0 Å². The summed E-state index contributed by atoms with van der Waals surface area (Å²) in [5, 5.41) is 5.40. The van der Waals surface area contributed by atoms with Crippen molar-refractivity contribution in [1.82, 2.24) is 15.6 Å². The minimum Gasteiger partial charge on any atom is -0.490 e. The molecule has 0 aliphatic rings. The summed E-state index contributed by atoms with van der Waals surface area (Å²) in [6.07, 6.45) is 1.63. The maximum Gasteiger partial charge on any atom is 0.251 e. The van der Waals surface area contributed by atoms with Crippen LogP contribution < -0.4 is 24.8 Å². The summed E-state index contributed by atoms with van der Waals surface area (Å²) in [4.78, 5) is 28.9. The van der Waals surface area contributed by atoms with Crippen LogP contribution in [-0.4, -0.2) is 36.6 Å². The lowest BCUT2D eigenvalue weighted by molar-refractivity contribution is -0.120. The van der Waals surface area contributed by atoms with Crippen LogP contribution in [0.15, 0.2) is 66.9 Å². The van der Waals surface area contributed by atoms with Gasteiger partial charge in [0.1, 0.15) is 6.61 Å². The maximum absolute atomic E-state index is 12.5. The summed E-state index contributed by atoms with van der Waals surface area (Å²) in [5.41, 5.74) is 2.26. The second kappa shape index (κ2) is 12.8. The normalized spacial score (nSPS) is 10.3. The Kier molecular flexibility index (Phi) is 9.28. The number of carbonyl (C=O) groups is 2. The minimum atomic E-state index is -0.375. The lowest BCUT2D eigenvalue weighted by atomic mass is 10.2. The SMILES string of the molecule is CCOc1ccc(C(=O)NCC(=O)NCc2ccnc(OCc3ccccc3)c2)cc1OCC. The van der Waals surface area contributed by atoms with Gasteiger partial charge in [-0.3, -0.25) is 9.59 Å². The third-order valence-electron chi connectivity index (χ3n) is 4.73. The molecule has 0 radical (unpaired) electrons. The Morgan fingerprint density at radius 3 is 2.35 bits per heavy atom. The van der Waals surface area contributed by atoms with Crippen LogP contribution in [0.3, 0.4) is 0 Å². The molecule has 34 heavy (non-hydrogen) atoms. The van der Waals surface area contributed by atoms with E-state index in [1.54, 1.807) is 36.5 Å². The van der Waals surface area contributed by atoms with Gasteiger partial charge in [-0.05, 0) is 49.2 Å². The van der Waals surface area contributed by atoms with E-state index in [9.17, 15) is 9.59 Å². The summed E-state index contributed by atoms with van der Waals surface area (Å²) < 4.78 is 16.8. The summed E-state index contributed by atoms with van der Waals surface area (Å²) in [6.45, 7) is 5.21. The zero-order valence-electron chi connectivity index (χ0n) is 19.4. The largest absolute Gasteiger partial charge is 0.490 e. The Bertz CT molecular complexity index is 1090. The van der Waals surface area contributed by atoms with Crippen molar-refractivity contribution in [3.63, 3.8) is 0 Å².